The van der Waals surface area contributed by atoms with Gasteiger partial charge in [-0.1, -0.05) is 17.3 Å². The van der Waals surface area contributed by atoms with Crippen molar-refractivity contribution in [3.05, 3.63) is 64.4 Å². The summed E-state index contributed by atoms with van der Waals surface area (Å²) in [5.74, 6) is 0.844. The standard InChI is InChI=1S/C21H21N5O3/c1-12(2)26-18-9-6-15(11-17(18)23-21(26)28)20-24-19(29-25-20)10-14-4-7-16(8-5-14)22-13(3)27/h4-9,11-12H,10H2,1-3H3,(H,22,27)(H,23,28). The summed E-state index contributed by atoms with van der Waals surface area (Å²) in [6.45, 7) is 5.41. The lowest BCUT2D eigenvalue weighted by atomic mass is 10.1. The molecule has 148 valence electrons. The number of imidazole rings is 1. The number of anilines is 1. The van der Waals surface area contributed by atoms with Crippen LogP contribution in [0.4, 0.5) is 5.69 Å². The van der Waals surface area contributed by atoms with Crippen molar-refractivity contribution in [2.45, 2.75) is 33.2 Å². The molecule has 1 amide bonds. The van der Waals surface area contributed by atoms with Crippen molar-refractivity contribution in [3.63, 3.8) is 0 Å². The predicted octanol–water partition coefficient (Wildman–Crippen LogP) is 3.51. The Bertz CT molecular complexity index is 1230. The average molecular weight is 391 g/mol. The van der Waals surface area contributed by atoms with Gasteiger partial charge in [0.15, 0.2) is 0 Å². The largest absolute Gasteiger partial charge is 0.339 e. The third-order valence-electron chi connectivity index (χ3n) is 4.59. The van der Waals surface area contributed by atoms with E-state index < -0.39 is 0 Å². The van der Waals surface area contributed by atoms with Crippen molar-refractivity contribution in [1.29, 1.82) is 0 Å². The summed E-state index contributed by atoms with van der Waals surface area (Å²) < 4.78 is 7.10. The van der Waals surface area contributed by atoms with Gasteiger partial charge in [-0.15, -0.1) is 0 Å². The minimum absolute atomic E-state index is 0.0657. The number of benzene rings is 2. The van der Waals surface area contributed by atoms with Crippen LogP contribution in [0.15, 0.2) is 51.8 Å². The number of fused-ring (bicyclic) bond motifs is 1. The Morgan fingerprint density at radius 1 is 1.21 bits per heavy atom. The highest BCUT2D eigenvalue weighted by molar-refractivity contribution is 5.88. The molecule has 0 aliphatic heterocycles. The Hall–Kier alpha value is -3.68. The summed E-state index contributed by atoms with van der Waals surface area (Å²) in [4.78, 5) is 30.6. The summed E-state index contributed by atoms with van der Waals surface area (Å²) >= 11 is 0. The fourth-order valence-electron chi connectivity index (χ4n) is 3.31. The van der Waals surface area contributed by atoms with Gasteiger partial charge in [0, 0.05) is 24.2 Å². The van der Waals surface area contributed by atoms with Gasteiger partial charge in [-0.05, 0) is 49.7 Å². The van der Waals surface area contributed by atoms with Crippen LogP contribution in [0.2, 0.25) is 0 Å². The van der Waals surface area contributed by atoms with Crippen LogP contribution < -0.4 is 11.0 Å². The molecule has 2 N–H and O–H groups in total. The molecule has 2 heterocycles. The van der Waals surface area contributed by atoms with E-state index in [1.54, 1.807) is 4.57 Å². The Kier molecular flexibility index (Phi) is 4.75. The smallest absolute Gasteiger partial charge is 0.326 e. The number of carbonyl (C=O) groups is 1. The fraction of sp³-hybridized carbons (Fsp3) is 0.238. The van der Waals surface area contributed by atoms with Crippen LogP contribution in [0.25, 0.3) is 22.4 Å². The third kappa shape index (κ3) is 3.82. The highest BCUT2D eigenvalue weighted by Gasteiger charge is 2.14. The minimum Gasteiger partial charge on any atom is -0.339 e. The Labute approximate surface area is 166 Å². The van der Waals surface area contributed by atoms with Crippen molar-refractivity contribution in [1.82, 2.24) is 19.7 Å². The molecule has 4 rings (SSSR count). The normalized spacial score (nSPS) is 11.3. The van der Waals surface area contributed by atoms with Gasteiger partial charge in [-0.25, -0.2) is 4.79 Å². The van der Waals surface area contributed by atoms with Gasteiger partial charge in [0.25, 0.3) is 0 Å². The lowest BCUT2D eigenvalue weighted by molar-refractivity contribution is -0.114. The predicted molar refractivity (Wildman–Crippen MR) is 110 cm³/mol. The number of H-pyrrole nitrogens is 1. The van der Waals surface area contributed by atoms with Crippen LogP contribution in [-0.4, -0.2) is 25.6 Å². The van der Waals surface area contributed by atoms with Crippen LogP contribution in [0, 0.1) is 0 Å². The number of hydrogen-bond donors (Lipinski definition) is 2. The zero-order valence-electron chi connectivity index (χ0n) is 16.4. The molecule has 29 heavy (non-hydrogen) atoms. The van der Waals surface area contributed by atoms with E-state index >= 15 is 0 Å². The highest BCUT2D eigenvalue weighted by atomic mass is 16.5. The molecule has 0 bridgehead atoms. The summed E-state index contributed by atoms with van der Waals surface area (Å²) in [5, 5.41) is 6.80. The molecule has 0 saturated heterocycles. The Morgan fingerprint density at radius 3 is 2.66 bits per heavy atom. The first-order chi connectivity index (χ1) is 13.9. The number of rotatable bonds is 5. The summed E-state index contributed by atoms with van der Waals surface area (Å²) in [6, 6.07) is 13.2. The molecule has 0 saturated carbocycles. The zero-order valence-corrected chi connectivity index (χ0v) is 16.4. The number of hydrogen-bond acceptors (Lipinski definition) is 5. The van der Waals surface area contributed by atoms with Gasteiger partial charge >= 0.3 is 5.69 Å². The number of nitrogens with zero attached hydrogens (tertiary/aromatic N) is 3. The quantitative estimate of drug-likeness (QED) is 0.541. The first-order valence-electron chi connectivity index (χ1n) is 9.34. The van der Waals surface area contributed by atoms with Crippen molar-refractivity contribution in [2.75, 3.05) is 5.32 Å². The van der Waals surface area contributed by atoms with Crippen LogP contribution in [0.3, 0.4) is 0 Å². The molecule has 0 spiro atoms. The molecule has 4 aromatic rings. The molecular weight excluding hydrogens is 370 g/mol. The molecule has 0 aliphatic carbocycles. The van der Waals surface area contributed by atoms with E-state index in [9.17, 15) is 9.59 Å². The maximum Gasteiger partial charge on any atom is 0.326 e. The molecule has 0 fully saturated rings. The second kappa shape index (κ2) is 7.38. The number of aromatic amines is 1. The lowest BCUT2D eigenvalue weighted by Gasteiger charge is -2.06. The molecule has 0 radical (unpaired) electrons. The van der Waals surface area contributed by atoms with E-state index in [1.807, 2.05) is 56.3 Å². The first kappa shape index (κ1) is 18.7. The van der Waals surface area contributed by atoms with Crippen LogP contribution in [0.5, 0.6) is 0 Å². The van der Waals surface area contributed by atoms with Crippen LogP contribution in [-0.2, 0) is 11.2 Å². The summed E-state index contributed by atoms with van der Waals surface area (Å²) in [6.07, 6.45) is 0.482. The van der Waals surface area contributed by atoms with E-state index in [0.717, 1.165) is 27.8 Å². The molecule has 0 atom stereocenters. The Morgan fingerprint density at radius 2 is 1.97 bits per heavy atom. The van der Waals surface area contributed by atoms with Gasteiger partial charge in [0.05, 0.1) is 17.5 Å². The lowest BCUT2D eigenvalue weighted by Crippen LogP contribution is -2.18. The van der Waals surface area contributed by atoms with E-state index in [-0.39, 0.29) is 17.6 Å². The highest BCUT2D eigenvalue weighted by Crippen LogP contribution is 2.23. The summed E-state index contributed by atoms with van der Waals surface area (Å²) in [5.41, 5.74) is 3.94. The number of aromatic nitrogens is 4. The molecule has 0 aliphatic rings. The van der Waals surface area contributed by atoms with E-state index in [4.69, 9.17) is 4.52 Å². The molecule has 2 aromatic carbocycles. The monoisotopic (exact) mass is 391 g/mol. The number of carbonyl (C=O) groups excluding carboxylic acids is 1. The fourth-order valence-corrected chi connectivity index (χ4v) is 3.31. The maximum atomic E-state index is 12.2. The maximum absolute atomic E-state index is 12.2. The Balaban J connectivity index is 1.56. The van der Waals surface area contributed by atoms with Gasteiger partial charge < -0.3 is 14.8 Å². The molecule has 2 aromatic heterocycles. The van der Waals surface area contributed by atoms with E-state index in [2.05, 4.69) is 20.4 Å². The van der Waals surface area contributed by atoms with E-state index in [1.165, 1.54) is 6.92 Å². The van der Waals surface area contributed by atoms with E-state index in [0.29, 0.717) is 18.1 Å². The molecule has 8 nitrogen and oxygen atoms in total. The minimum atomic E-state index is -0.135. The summed E-state index contributed by atoms with van der Waals surface area (Å²) in [7, 11) is 0. The van der Waals surface area contributed by atoms with Gasteiger partial charge in [0.2, 0.25) is 17.6 Å². The SMILES string of the molecule is CC(=O)Nc1ccc(Cc2nc(-c3ccc4c(c3)[nH]c(=O)n4C(C)C)no2)cc1. The second-order valence-electron chi connectivity index (χ2n) is 7.19. The second-order valence-corrected chi connectivity index (χ2v) is 7.19. The molecular formula is C21H21N5O3. The van der Waals surface area contributed by atoms with Gasteiger partial charge in [-0.3, -0.25) is 9.36 Å². The zero-order chi connectivity index (χ0) is 20.5. The molecule has 8 heteroatoms. The molecule has 0 unspecified atom stereocenters. The average Bonchev–Trinajstić information content (AvgIpc) is 3.25. The number of nitrogens with one attached hydrogen (secondary N) is 2. The topological polar surface area (TPSA) is 106 Å². The van der Waals surface area contributed by atoms with Crippen molar-refractivity contribution >= 4 is 22.6 Å². The number of amides is 1. The van der Waals surface area contributed by atoms with Crippen molar-refractivity contribution in [3.8, 4) is 11.4 Å². The third-order valence-corrected chi connectivity index (χ3v) is 4.59. The van der Waals surface area contributed by atoms with Crippen molar-refractivity contribution in [2.24, 2.45) is 0 Å². The van der Waals surface area contributed by atoms with Crippen LogP contribution >= 0.6 is 0 Å². The van der Waals surface area contributed by atoms with Gasteiger partial charge in [-0.2, -0.15) is 4.98 Å². The van der Waals surface area contributed by atoms with Gasteiger partial charge in [0.1, 0.15) is 0 Å². The van der Waals surface area contributed by atoms with Crippen LogP contribution in [0.1, 0.15) is 38.3 Å². The first-order valence-corrected chi connectivity index (χ1v) is 9.34. The van der Waals surface area contributed by atoms with Crippen molar-refractivity contribution < 1.29 is 9.32 Å².